The zero-order chi connectivity index (χ0) is 21.6. The van der Waals surface area contributed by atoms with E-state index in [0.717, 1.165) is 43.2 Å². The van der Waals surface area contributed by atoms with Crippen molar-refractivity contribution in [2.24, 2.45) is 5.92 Å². The standard InChI is InChI=1S/C21H26FN5O3S/c22-17-5-1-3-15(11-17)12-26-6-2-4-16(13-26)19(28)24-25-20(29)18-14-31-21(23-18)27-7-9-30-10-8-27/h1,3,5,11,14,16H,2,4,6-10,12-13H2,(H,24,28)(H,25,29). The van der Waals surface area contributed by atoms with Gasteiger partial charge in [0.25, 0.3) is 5.91 Å². The number of nitrogens with zero attached hydrogens (tertiary/aromatic N) is 3. The van der Waals surface area contributed by atoms with E-state index in [4.69, 9.17) is 4.74 Å². The molecular formula is C21H26FN5O3S. The lowest BCUT2D eigenvalue weighted by molar-refractivity contribution is -0.127. The number of benzene rings is 1. The third-order valence-electron chi connectivity index (χ3n) is 5.48. The van der Waals surface area contributed by atoms with Crippen LogP contribution in [0.1, 0.15) is 28.9 Å². The van der Waals surface area contributed by atoms with Crippen LogP contribution in [0.4, 0.5) is 9.52 Å². The first-order chi connectivity index (χ1) is 15.1. The Morgan fingerprint density at radius 1 is 1.23 bits per heavy atom. The maximum absolute atomic E-state index is 13.4. The van der Waals surface area contributed by atoms with E-state index in [9.17, 15) is 14.0 Å². The first-order valence-corrected chi connectivity index (χ1v) is 11.3. The number of hydrogen-bond acceptors (Lipinski definition) is 7. The van der Waals surface area contributed by atoms with Crippen molar-refractivity contribution in [2.75, 3.05) is 44.3 Å². The number of aromatic nitrogens is 1. The van der Waals surface area contributed by atoms with Gasteiger partial charge in [-0.05, 0) is 37.1 Å². The average molecular weight is 448 g/mol. The van der Waals surface area contributed by atoms with Gasteiger partial charge in [-0.3, -0.25) is 25.3 Å². The van der Waals surface area contributed by atoms with Crippen LogP contribution in [0, 0.1) is 11.7 Å². The van der Waals surface area contributed by atoms with Crippen molar-refractivity contribution in [3.05, 3.63) is 46.7 Å². The number of halogens is 1. The lowest BCUT2D eigenvalue weighted by Crippen LogP contribution is -2.48. The number of nitrogens with one attached hydrogen (secondary N) is 2. The Bertz CT molecular complexity index is 918. The number of thiazole rings is 1. The largest absolute Gasteiger partial charge is 0.378 e. The van der Waals surface area contributed by atoms with E-state index in [1.165, 1.54) is 23.5 Å². The molecule has 2 aliphatic heterocycles. The monoisotopic (exact) mass is 447 g/mol. The molecule has 0 saturated carbocycles. The number of piperidine rings is 1. The first kappa shape index (κ1) is 21.7. The third-order valence-corrected chi connectivity index (χ3v) is 6.38. The van der Waals surface area contributed by atoms with E-state index in [0.29, 0.717) is 26.3 Å². The number of likely N-dealkylation sites (tertiary alicyclic amines) is 1. The molecule has 2 aliphatic rings. The number of hydrogen-bond donors (Lipinski definition) is 2. The van der Waals surface area contributed by atoms with E-state index in [1.807, 2.05) is 6.07 Å². The van der Waals surface area contributed by atoms with Gasteiger partial charge in [0.2, 0.25) is 5.91 Å². The highest BCUT2D eigenvalue weighted by molar-refractivity contribution is 7.13. The number of carbonyl (C=O) groups is 2. The Labute approximate surface area is 184 Å². The molecule has 0 radical (unpaired) electrons. The van der Waals surface area contributed by atoms with E-state index in [-0.39, 0.29) is 23.3 Å². The van der Waals surface area contributed by atoms with Crippen molar-refractivity contribution in [3.63, 3.8) is 0 Å². The SMILES string of the molecule is O=C(NNC(=O)C1CCCN(Cc2cccc(F)c2)C1)c1csc(N2CCOCC2)n1. The molecule has 1 aromatic heterocycles. The Morgan fingerprint density at radius 3 is 2.87 bits per heavy atom. The Kier molecular flexibility index (Phi) is 7.10. The molecule has 2 fully saturated rings. The van der Waals surface area contributed by atoms with Gasteiger partial charge in [0, 0.05) is 31.6 Å². The van der Waals surface area contributed by atoms with Gasteiger partial charge in [0.1, 0.15) is 11.5 Å². The summed E-state index contributed by atoms with van der Waals surface area (Å²) in [6.45, 7) is 4.81. The number of rotatable bonds is 5. The van der Waals surface area contributed by atoms with Gasteiger partial charge in [-0.1, -0.05) is 12.1 Å². The molecule has 0 spiro atoms. The van der Waals surface area contributed by atoms with Crippen molar-refractivity contribution in [2.45, 2.75) is 19.4 Å². The molecule has 8 nitrogen and oxygen atoms in total. The summed E-state index contributed by atoms with van der Waals surface area (Å²) >= 11 is 1.40. The lowest BCUT2D eigenvalue weighted by atomic mass is 9.97. The summed E-state index contributed by atoms with van der Waals surface area (Å²) in [5, 5.41) is 2.47. The van der Waals surface area contributed by atoms with Crippen LogP contribution in [0.3, 0.4) is 0 Å². The Hall–Kier alpha value is -2.56. The molecule has 2 N–H and O–H groups in total. The molecule has 31 heavy (non-hydrogen) atoms. The Morgan fingerprint density at radius 2 is 2.06 bits per heavy atom. The maximum atomic E-state index is 13.4. The number of ether oxygens (including phenoxy) is 1. The van der Waals surface area contributed by atoms with Gasteiger partial charge in [0.15, 0.2) is 5.13 Å². The van der Waals surface area contributed by atoms with Gasteiger partial charge >= 0.3 is 0 Å². The topological polar surface area (TPSA) is 86.8 Å². The summed E-state index contributed by atoms with van der Waals surface area (Å²) in [4.78, 5) is 33.6. The van der Waals surface area contributed by atoms with E-state index >= 15 is 0 Å². The molecule has 2 aromatic rings. The summed E-state index contributed by atoms with van der Waals surface area (Å²) < 4.78 is 18.7. The van der Waals surface area contributed by atoms with Gasteiger partial charge < -0.3 is 9.64 Å². The summed E-state index contributed by atoms with van der Waals surface area (Å²) in [6.07, 6.45) is 1.62. The number of morpholine rings is 1. The van der Waals surface area contributed by atoms with E-state index in [1.54, 1.807) is 11.4 Å². The maximum Gasteiger partial charge on any atom is 0.289 e. The molecule has 10 heteroatoms. The van der Waals surface area contributed by atoms with Gasteiger partial charge in [-0.2, -0.15) is 0 Å². The number of hydrazine groups is 1. The third kappa shape index (κ3) is 5.78. The van der Waals surface area contributed by atoms with E-state index in [2.05, 4.69) is 25.6 Å². The second kappa shape index (κ2) is 10.2. The van der Waals surface area contributed by atoms with Crippen molar-refractivity contribution < 1.29 is 18.7 Å². The molecule has 3 heterocycles. The van der Waals surface area contributed by atoms with Crippen LogP contribution in [-0.4, -0.2) is 61.1 Å². The fourth-order valence-electron chi connectivity index (χ4n) is 3.86. The van der Waals surface area contributed by atoms with Crippen molar-refractivity contribution in [1.29, 1.82) is 0 Å². The van der Waals surface area contributed by atoms with Gasteiger partial charge in [-0.25, -0.2) is 9.37 Å². The van der Waals surface area contributed by atoms with Crippen LogP contribution in [0.5, 0.6) is 0 Å². The second-order valence-electron chi connectivity index (χ2n) is 7.76. The van der Waals surface area contributed by atoms with Crippen molar-refractivity contribution in [3.8, 4) is 0 Å². The minimum atomic E-state index is -0.434. The van der Waals surface area contributed by atoms with Crippen LogP contribution < -0.4 is 15.8 Å². The average Bonchev–Trinajstić information content (AvgIpc) is 3.28. The number of amides is 2. The smallest absolute Gasteiger partial charge is 0.289 e. The van der Waals surface area contributed by atoms with E-state index < -0.39 is 5.91 Å². The van der Waals surface area contributed by atoms with Crippen molar-refractivity contribution in [1.82, 2.24) is 20.7 Å². The van der Waals surface area contributed by atoms with Gasteiger partial charge in [-0.15, -0.1) is 11.3 Å². The minimum absolute atomic E-state index is 0.221. The highest BCUT2D eigenvalue weighted by Crippen LogP contribution is 2.22. The predicted molar refractivity (Wildman–Crippen MR) is 115 cm³/mol. The lowest BCUT2D eigenvalue weighted by Gasteiger charge is -2.32. The Balaban J connectivity index is 1.26. The molecule has 0 bridgehead atoms. The zero-order valence-corrected chi connectivity index (χ0v) is 18.0. The molecule has 1 unspecified atom stereocenters. The van der Waals surface area contributed by atoms with Crippen molar-refractivity contribution >= 4 is 28.3 Å². The fraction of sp³-hybridized carbons (Fsp3) is 0.476. The quantitative estimate of drug-likeness (QED) is 0.680. The first-order valence-electron chi connectivity index (χ1n) is 10.4. The summed E-state index contributed by atoms with van der Waals surface area (Å²) in [5.74, 6) is -1.15. The summed E-state index contributed by atoms with van der Waals surface area (Å²) in [7, 11) is 0. The number of carbonyl (C=O) groups excluding carboxylic acids is 2. The molecule has 1 atom stereocenters. The van der Waals surface area contributed by atoms with Crippen LogP contribution in [0.15, 0.2) is 29.6 Å². The highest BCUT2D eigenvalue weighted by Gasteiger charge is 2.26. The molecule has 166 valence electrons. The van der Waals surface area contributed by atoms with Gasteiger partial charge in [0.05, 0.1) is 19.1 Å². The molecule has 0 aliphatic carbocycles. The second-order valence-corrected chi connectivity index (χ2v) is 8.60. The molecule has 4 rings (SSSR count). The molecule has 2 amide bonds. The molecular weight excluding hydrogens is 421 g/mol. The highest BCUT2D eigenvalue weighted by atomic mass is 32.1. The van der Waals surface area contributed by atoms with Crippen LogP contribution in [-0.2, 0) is 16.1 Å². The summed E-state index contributed by atoms with van der Waals surface area (Å²) in [5.41, 5.74) is 6.18. The molecule has 1 aromatic carbocycles. The predicted octanol–water partition coefficient (Wildman–Crippen LogP) is 1.79. The van der Waals surface area contributed by atoms with Crippen LogP contribution >= 0.6 is 11.3 Å². The van der Waals surface area contributed by atoms with Crippen LogP contribution in [0.2, 0.25) is 0 Å². The molecule has 2 saturated heterocycles. The zero-order valence-electron chi connectivity index (χ0n) is 17.2. The number of anilines is 1. The summed E-state index contributed by atoms with van der Waals surface area (Å²) in [6, 6.07) is 6.51. The minimum Gasteiger partial charge on any atom is -0.378 e. The normalized spacial score (nSPS) is 19.8. The van der Waals surface area contributed by atoms with Crippen LogP contribution in [0.25, 0.3) is 0 Å². The fourth-order valence-corrected chi connectivity index (χ4v) is 4.72.